The van der Waals surface area contributed by atoms with Crippen LogP contribution in [0.4, 0.5) is 11.5 Å². The van der Waals surface area contributed by atoms with Gasteiger partial charge in [0.05, 0.1) is 12.8 Å². The first kappa shape index (κ1) is 19.6. The van der Waals surface area contributed by atoms with Crippen molar-refractivity contribution in [2.24, 2.45) is 0 Å². The molecule has 0 saturated carbocycles. The van der Waals surface area contributed by atoms with Crippen molar-refractivity contribution < 1.29 is 9.53 Å². The quantitative estimate of drug-likeness (QED) is 0.627. The minimum Gasteiger partial charge on any atom is -0.495 e. The van der Waals surface area contributed by atoms with Crippen LogP contribution in [0.15, 0.2) is 54.9 Å². The molecule has 0 radical (unpaired) electrons. The van der Waals surface area contributed by atoms with Gasteiger partial charge in [0, 0.05) is 23.7 Å². The van der Waals surface area contributed by atoms with E-state index in [1.54, 1.807) is 19.2 Å². The van der Waals surface area contributed by atoms with Crippen LogP contribution in [-0.4, -0.2) is 29.5 Å². The van der Waals surface area contributed by atoms with Crippen LogP contribution in [0.25, 0.3) is 0 Å². The minimum atomic E-state index is -0.249. The van der Waals surface area contributed by atoms with Crippen molar-refractivity contribution in [1.29, 1.82) is 0 Å². The number of aryl methyl sites for hydroxylation is 1. The molecular formula is C21H21ClN4O2. The summed E-state index contributed by atoms with van der Waals surface area (Å²) in [6, 6.07) is 15.2. The van der Waals surface area contributed by atoms with Gasteiger partial charge >= 0.3 is 0 Å². The van der Waals surface area contributed by atoms with Gasteiger partial charge in [-0.15, -0.1) is 0 Å². The molecule has 0 fully saturated rings. The molecule has 2 aromatic carbocycles. The van der Waals surface area contributed by atoms with E-state index in [4.69, 9.17) is 16.3 Å². The number of carbonyl (C=O) groups is 1. The van der Waals surface area contributed by atoms with Gasteiger partial charge in [-0.1, -0.05) is 41.9 Å². The van der Waals surface area contributed by atoms with Crippen LogP contribution < -0.4 is 15.4 Å². The predicted octanol–water partition coefficient (Wildman–Crippen LogP) is 4.16. The number of rotatable bonds is 7. The van der Waals surface area contributed by atoms with Crippen molar-refractivity contribution in [1.82, 2.24) is 15.3 Å². The van der Waals surface area contributed by atoms with Gasteiger partial charge in [0.15, 0.2) is 0 Å². The second-order valence-electron chi connectivity index (χ2n) is 6.21. The zero-order valence-corrected chi connectivity index (χ0v) is 16.5. The highest BCUT2D eigenvalue weighted by Crippen LogP contribution is 2.32. The Hall–Kier alpha value is -3.12. The average Bonchev–Trinajstić information content (AvgIpc) is 2.71. The molecule has 0 unspecified atom stereocenters. The molecule has 0 spiro atoms. The van der Waals surface area contributed by atoms with Crippen LogP contribution in [0.3, 0.4) is 0 Å². The van der Waals surface area contributed by atoms with E-state index in [1.165, 1.54) is 6.33 Å². The van der Waals surface area contributed by atoms with Crippen LogP contribution >= 0.6 is 11.6 Å². The SMILES string of the molecule is COc1cc(Cl)c(C)cc1Nc1cc(C(=O)NCCc2ccccc2)ncn1. The largest absolute Gasteiger partial charge is 0.495 e. The first-order valence-electron chi connectivity index (χ1n) is 8.82. The number of benzene rings is 2. The van der Waals surface area contributed by atoms with Crippen LogP contribution in [0.2, 0.25) is 5.02 Å². The summed E-state index contributed by atoms with van der Waals surface area (Å²) in [5, 5.41) is 6.65. The van der Waals surface area contributed by atoms with Crippen LogP contribution in [-0.2, 0) is 6.42 Å². The number of anilines is 2. The molecule has 1 amide bonds. The third kappa shape index (κ3) is 4.98. The topological polar surface area (TPSA) is 76.1 Å². The van der Waals surface area contributed by atoms with Gasteiger partial charge in [0.25, 0.3) is 5.91 Å². The Bertz CT molecular complexity index is 964. The van der Waals surface area contributed by atoms with E-state index in [9.17, 15) is 4.79 Å². The first-order valence-corrected chi connectivity index (χ1v) is 9.20. The van der Waals surface area contributed by atoms with E-state index in [0.29, 0.717) is 28.8 Å². The van der Waals surface area contributed by atoms with Crippen molar-refractivity contribution in [2.45, 2.75) is 13.3 Å². The van der Waals surface area contributed by atoms with Gasteiger partial charge in [-0.25, -0.2) is 9.97 Å². The maximum atomic E-state index is 12.4. The lowest BCUT2D eigenvalue weighted by atomic mass is 10.1. The molecule has 1 aromatic heterocycles. The maximum Gasteiger partial charge on any atom is 0.270 e. The summed E-state index contributed by atoms with van der Waals surface area (Å²) in [5.41, 5.74) is 3.06. The number of aromatic nitrogens is 2. The Kier molecular flexibility index (Phi) is 6.45. The molecule has 7 heteroatoms. The van der Waals surface area contributed by atoms with E-state index >= 15 is 0 Å². The second-order valence-corrected chi connectivity index (χ2v) is 6.61. The summed E-state index contributed by atoms with van der Waals surface area (Å²) in [4.78, 5) is 20.6. The average molecular weight is 397 g/mol. The number of nitrogens with zero attached hydrogens (tertiary/aromatic N) is 2. The molecule has 3 rings (SSSR count). The third-order valence-electron chi connectivity index (χ3n) is 4.19. The molecule has 0 aliphatic carbocycles. The Morgan fingerprint density at radius 2 is 1.93 bits per heavy atom. The highest BCUT2D eigenvalue weighted by atomic mass is 35.5. The molecule has 0 atom stereocenters. The van der Waals surface area contributed by atoms with E-state index in [0.717, 1.165) is 17.5 Å². The number of carbonyl (C=O) groups excluding carboxylic acids is 1. The fourth-order valence-corrected chi connectivity index (χ4v) is 2.83. The number of hydrogen-bond donors (Lipinski definition) is 2. The molecule has 28 heavy (non-hydrogen) atoms. The fraction of sp³-hybridized carbons (Fsp3) is 0.190. The summed E-state index contributed by atoms with van der Waals surface area (Å²) in [6.45, 7) is 2.43. The Labute approximate surface area is 168 Å². The number of amides is 1. The van der Waals surface area contributed by atoms with Gasteiger partial charge in [0.1, 0.15) is 23.6 Å². The lowest BCUT2D eigenvalue weighted by Crippen LogP contribution is -2.26. The Balaban J connectivity index is 1.67. The third-order valence-corrected chi connectivity index (χ3v) is 4.59. The summed E-state index contributed by atoms with van der Waals surface area (Å²) in [7, 11) is 1.57. The standard InChI is InChI=1S/C21H21ClN4O2/c1-14-10-17(19(28-2)11-16(14)22)26-20-12-18(24-13-25-20)21(27)23-9-8-15-6-4-3-5-7-15/h3-7,10-13H,8-9H2,1-2H3,(H,23,27)(H,24,25,26). The fourth-order valence-electron chi connectivity index (χ4n) is 2.67. The normalized spacial score (nSPS) is 10.4. The summed E-state index contributed by atoms with van der Waals surface area (Å²) in [6.07, 6.45) is 2.10. The van der Waals surface area contributed by atoms with Gasteiger partial charge in [0.2, 0.25) is 0 Å². The number of ether oxygens (including phenoxy) is 1. The maximum absolute atomic E-state index is 12.4. The van der Waals surface area contributed by atoms with E-state index < -0.39 is 0 Å². The lowest BCUT2D eigenvalue weighted by Gasteiger charge is -2.13. The lowest BCUT2D eigenvalue weighted by molar-refractivity contribution is 0.0949. The van der Waals surface area contributed by atoms with E-state index in [-0.39, 0.29) is 11.6 Å². The Morgan fingerprint density at radius 3 is 2.68 bits per heavy atom. The molecule has 144 valence electrons. The van der Waals surface area contributed by atoms with Gasteiger partial charge in [-0.05, 0) is 30.5 Å². The molecule has 0 aliphatic rings. The van der Waals surface area contributed by atoms with Crippen molar-refractivity contribution in [3.8, 4) is 5.75 Å². The van der Waals surface area contributed by atoms with E-state index in [1.807, 2.05) is 43.3 Å². The van der Waals surface area contributed by atoms with Crippen molar-refractivity contribution in [2.75, 3.05) is 19.0 Å². The van der Waals surface area contributed by atoms with Gasteiger partial charge in [-0.2, -0.15) is 0 Å². The molecule has 3 aromatic rings. The van der Waals surface area contributed by atoms with Crippen LogP contribution in [0, 0.1) is 6.92 Å². The first-order chi connectivity index (χ1) is 13.6. The molecule has 1 heterocycles. The van der Waals surface area contributed by atoms with Crippen molar-refractivity contribution >= 4 is 29.0 Å². The van der Waals surface area contributed by atoms with Crippen molar-refractivity contribution in [3.05, 3.63) is 76.7 Å². The summed E-state index contributed by atoms with van der Waals surface area (Å²) < 4.78 is 5.36. The number of methoxy groups -OCH3 is 1. The number of halogens is 1. The van der Waals surface area contributed by atoms with Gasteiger partial charge < -0.3 is 15.4 Å². The molecule has 0 aliphatic heterocycles. The highest BCUT2D eigenvalue weighted by molar-refractivity contribution is 6.31. The van der Waals surface area contributed by atoms with Crippen molar-refractivity contribution in [3.63, 3.8) is 0 Å². The highest BCUT2D eigenvalue weighted by Gasteiger charge is 2.11. The van der Waals surface area contributed by atoms with Gasteiger partial charge in [-0.3, -0.25) is 4.79 Å². The van der Waals surface area contributed by atoms with E-state index in [2.05, 4.69) is 20.6 Å². The molecular weight excluding hydrogens is 376 g/mol. The summed E-state index contributed by atoms with van der Waals surface area (Å²) >= 11 is 6.14. The molecule has 6 nitrogen and oxygen atoms in total. The minimum absolute atomic E-state index is 0.249. The van der Waals surface area contributed by atoms with Crippen LogP contribution in [0.5, 0.6) is 5.75 Å². The zero-order chi connectivity index (χ0) is 19.9. The molecule has 2 N–H and O–H groups in total. The summed E-state index contributed by atoms with van der Waals surface area (Å²) in [5.74, 6) is 0.826. The smallest absolute Gasteiger partial charge is 0.270 e. The molecule has 0 bridgehead atoms. The van der Waals surface area contributed by atoms with Crippen LogP contribution in [0.1, 0.15) is 21.6 Å². The zero-order valence-electron chi connectivity index (χ0n) is 15.7. The Morgan fingerprint density at radius 1 is 1.14 bits per heavy atom. The predicted molar refractivity (Wildman–Crippen MR) is 111 cm³/mol. The number of hydrogen-bond acceptors (Lipinski definition) is 5. The molecule has 0 saturated heterocycles. The number of nitrogens with one attached hydrogen (secondary N) is 2. The second kappa shape index (κ2) is 9.19. The monoisotopic (exact) mass is 396 g/mol.